The molecule has 0 aliphatic heterocycles. The number of imidazole rings is 1. The van der Waals surface area contributed by atoms with Crippen molar-refractivity contribution in [2.75, 3.05) is 14.2 Å². The number of nitrogens with zero attached hydrogens (tertiary/aromatic N) is 2. The summed E-state index contributed by atoms with van der Waals surface area (Å²) in [5.74, 6) is 2.11. The van der Waals surface area contributed by atoms with Crippen molar-refractivity contribution < 1.29 is 9.47 Å². The maximum atomic E-state index is 6.02. The van der Waals surface area contributed by atoms with E-state index in [2.05, 4.69) is 20.2 Å². The summed E-state index contributed by atoms with van der Waals surface area (Å²) in [5, 5.41) is 8.06. The Labute approximate surface area is 148 Å². The molecule has 0 radical (unpaired) electrons. The van der Waals surface area contributed by atoms with Crippen LogP contribution in [0.3, 0.4) is 0 Å². The van der Waals surface area contributed by atoms with Gasteiger partial charge < -0.3 is 14.5 Å². The number of benzene rings is 2. The maximum absolute atomic E-state index is 6.02. The Morgan fingerprint density at radius 2 is 1.72 bits per heavy atom. The minimum Gasteiger partial charge on any atom is -0.497 e. The van der Waals surface area contributed by atoms with E-state index in [0.29, 0.717) is 22.3 Å². The first-order valence-corrected chi connectivity index (χ1v) is 7.98. The second-order valence-electron chi connectivity index (χ2n) is 5.52. The zero-order chi connectivity index (χ0) is 17.4. The van der Waals surface area contributed by atoms with Crippen molar-refractivity contribution in [1.29, 1.82) is 0 Å². The van der Waals surface area contributed by atoms with E-state index < -0.39 is 0 Å². The predicted octanol–water partition coefficient (Wildman–Crippen LogP) is 4.29. The van der Waals surface area contributed by atoms with Crippen molar-refractivity contribution in [3.8, 4) is 34.3 Å². The van der Waals surface area contributed by atoms with Gasteiger partial charge in [-0.1, -0.05) is 11.6 Å². The summed E-state index contributed by atoms with van der Waals surface area (Å²) in [7, 11) is 3.24. The second-order valence-corrected chi connectivity index (χ2v) is 5.95. The SMILES string of the molecule is COc1cc(OC)cc(-c2cc(-c3nc4ccc(Cl)cc4[nH]3)[nH]n2)c1. The van der Waals surface area contributed by atoms with E-state index in [-0.39, 0.29) is 0 Å². The Morgan fingerprint density at radius 3 is 2.44 bits per heavy atom. The van der Waals surface area contributed by atoms with E-state index in [1.54, 1.807) is 14.2 Å². The summed E-state index contributed by atoms with van der Waals surface area (Å²) in [6.45, 7) is 0. The van der Waals surface area contributed by atoms with Crippen molar-refractivity contribution in [1.82, 2.24) is 20.2 Å². The van der Waals surface area contributed by atoms with Gasteiger partial charge in [-0.25, -0.2) is 4.98 Å². The van der Waals surface area contributed by atoms with Crippen LogP contribution < -0.4 is 9.47 Å². The lowest BCUT2D eigenvalue weighted by atomic mass is 10.1. The highest BCUT2D eigenvalue weighted by atomic mass is 35.5. The zero-order valence-corrected chi connectivity index (χ0v) is 14.4. The summed E-state index contributed by atoms with van der Waals surface area (Å²) in [6, 6.07) is 13.1. The molecule has 25 heavy (non-hydrogen) atoms. The molecule has 0 aliphatic rings. The van der Waals surface area contributed by atoms with Gasteiger partial charge in [-0.05, 0) is 36.4 Å². The van der Waals surface area contributed by atoms with Crippen LogP contribution >= 0.6 is 11.6 Å². The van der Waals surface area contributed by atoms with Crippen molar-refractivity contribution in [3.05, 3.63) is 47.5 Å². The van der Waals surface area contributed by atoms with E-state index in [4.69, 9.17) is 21.1 Å². The Hall–Kier alpha value is -2.99. The largest absolute Gasteiger partial charge is 0.497 e. The smallest absolute Gasteiger partial charge is 0.156 e. The van der Waals surface area contributed by atoms with Crippen LogP contribution in [0.2, 0.25) is 5.02 Å². The summed E-state index contributed by atoms with van der Waals surface area (Å²) < 4.78 is 10.6. The van der Waals surface area contributed by atoms with E-state index in [1.807, 2.05) is 42.5 Å². The fraction of sp³-hybridized carbons (Fsp3) is 0.111. The first kappa shape index (κ1) is 15.5. The highest BCUT2D eigenvalue weighted by Gasteiger charge is 2.12. The fourth-order valence-corrected chi connectivity index (χ4v) is 2.83. The van der Waals surface area contributed by atoms with Crippen LogP contribution in [0.1, 0.15) is 0 Å². The normalized spacial score (nSPS) is 11.0. The van der Waals surface area contributed by atoms with Crippen molar-refractivity contribution in [2.45, 2.75) is 0 Å². The number of hydrogen-bond donors (Lipinski definition) is 2. The van der Waals surface area contributed by atoms with Gasteiger partial charge in [-0.3, -0.25) is 5.10 Å². The number of aromatic nitrogens is 4. The molecule has 6 nitrogen and oxygen atoms in total. The minimum atomic E-state index is 0.663. The van der Waals surface area contributed by atoms with Crippen LogP contribution in [0.15, 0.2) is 42.5 Å². The van der Waals surface area contributed by atoms with E-state index >= 15 is 0 Å². The lowest BCUT2D eigenvalue weighted by Crippen LogP contribution is -1.88. The van der Waals surface area contributed by atoms with Gasteiger partial charge in [0.25, 0.3) is 0 Å². The van der Waals surface area contributed by atoms with Gasteiger partial charge in [0.1, 0.15) is 17.2 Å². The Morgan fingerprint density at radius 1 is 0.960 bits per heavy atom. The molecule has 2 N–H and O–H groups in total. The van der Waals surface area contributed by atoms with Gasteiger partial charge in [-0.15, -0.1) is 0 Å². The lowest BCUT2D eigenvalue weighted by Gasteiger charge is -2.06. The van der Waals surface area contributed by atoms with Crippen LogP contribution in [-0.2, 0) is 0 Å². The highest BCUT2D eigenvalue weighted by molar-refractivity contribution is 6.31. The van der Waals surface area contributed by atoms with Crippen molar-refractivity contribution >= 4 is 22.6 Å². The average molecular weight is 355 g/mol. The van der Waals surface area contributed by atoms with E-state index in [1.165, 1.54) is 0 Å². The van der Waals surface area contributed by atoms with Crippen LogP contribution in [0.25, 0.3) is 33.8 Å². The third kappa shape index (κ3) is 2.92. The molecule has 0 unspecified atom stereocenters. The van der Waals surface area contributed by atoms with Gasteiger partial charge >= 0.3 is 0 Å². The molecule has 0 spiro atoms. The first-order chi connectivity index (χ1) is 12.2. The second kappa shape index (κ2) is 6.14. The van der Waals surface area contributed by atoms with Crippen LogP contribution in [-0.4, -0.2) is 34.4 Å². The van der Waals surface area contributed by atoms with Crippen LogP contribution in [0.5, 0.6) is 11.5 Å². The molecule has 126 valence electrons. The topological polar surface area (TPSA) is 75.8 Å². The van der Waals surface area contributed by atoms with Gasteiger partial charge in [0.05, 0.1) is 30.9 Å². The van der Waals surface area contributed by atoms with E-state index in [9.17, 15) is 0 Å². The Bertz CT molecular complexity index is 1030. The molecule has 0 aliphatic carbocycles. The first-order valence-electron chi connectivity index (χ1n) is 7.61. The van der Waals surface area contributed by atoms with Gasteiger partial charge in [-0.2, -0.15) is 5.10 Å². The minimum absolute atomic E-state index is 0.663. The van der Waals surface area contributed by atoms with Gasteiger partial charge in [0, 0.05) is 16.7 Å². The molecule has 0 amide bonds. The van der Waals surface area contributed by atoms with Gasteiger partial charge in [0.15, 0.2) is 5.82 Å². The lowest BCUT2D eigenvalue weighted by molar-refractivity contribution is 0.394. The molecule has 7 heteroatoms. The van der Waals surface area contributed by atoms with Crippen LogP contribution in [0.4, 0.5) is 0 Å². The molecule has 0 saturated carbocycles. The molecule has 4 aromatic rings. The fourth-order valence-electron chi connectivity index (χ4n) is 2.66. The molecule has 0 saturated heterocycles. The average Bonchev–Trinajstić information content (AvgIpc) is 3.27. The monoisotopic (exact) mass is 354 g/mol. The van der Waals surface area contributed by atoms with Crippen LogP contribution in [0, 0.1) is 0 Å². The number of H-pyrrole nitrogens is 2. The molecular weight excluding hydrogens is 340 g/mol. The number of methoxy groups -OCH3 is 2. The number of aromatic amines is 2. The third-order valence-electron chi connectivity index (χ3n) is 3.92. The number of nitrogens with one attached hydrogen (secondary N) is 2. The van der Waals surface area contributed by atoms with Crippen molar-refractivity contribution in [2.24, 2.45) is 0 Å². The number of rotatable bonds is 4. The Balaban J connectivity index is 1.74. The highest BCUT2D eigenvalue weighted by Crippen LogP contribution is 2.30. The molecule has 2 aromatic heterocycles. The molecule has 2 heterocycles. The van der Waals surface area contributed by atoms with Crippen molar-refractivity contribution in [3.63, 3.8) is 0 Å². The Kier molecular flexibility index (Phi) is 3.82. The number of halogens is 1. The molecule has 0 atom stereocenters. The number of fused-ring (bicyclic) bond motifs is 1. The van der Waals surface area contributed by atoms with Gasteiger partial charge in [0.2, 0.25) is 0 Å². The summed E-state index contributed by atoms with van der Waals surface area (Å²) >= 11 is 6.02. The molecular formula is C18H15ClN4O2. The van der Waals surface area contributed by atoms with E-state index in [0.717, 1.165) is 28.0 Å². The summed E-state index contributed by atoms with van der Waals surface area (Å²) in [6.07, 6.45) is 0. The zero-order valence-electron chi connectivity index (χ0n) is 13.6. The molecule has 0 fully saturated rings. The predicted molar refractivity (Wildman–Crippen MR) is 97.2 cm³/mol. The summed E-state index contributed by atoms with van der Waals surface area (Å²) in [4.78, 5) is 7.81. The molecule has 0 bridgehead atoms. The summed E-state index contributed by atoms with van der Waals surface area (Å²) in [5.41, 5.74) is 4.16. The number of hydrogen-bond acceptors (Lipinski definition) is 4. The third-order valence-corrected chi connectivity index (χ3v) is 4.16. The molecule has 4 rings (SSSR count). The standard InChI is InChI=1S/C18H15ClN4O2/c1-24-12-5-10(6-13(8-12)25-2)15-9-17(23-22-15)18-20-14-4-3-11(19)7-16(14)21-18/h3-9H,1-2H3,(H,20,21)(H,22,23). The maximum Gasteiger partial charge on any atom is 0.156 e. The molecule has 2 aromatic carbocycles. The quantitative estimate of drug-likeness (QED) is 0.573. The number of ether oxygens (including phenoxy) is 2.